The number of anilines is 1. The van der Waals surface area contributed by atoms with Crippen LogP contribution in [0.3, 0.4) is 0 Å². The minimum Gasteiger partial charge on any atom is -0.309 e. The molecule has 0 saturated carbocycles. The first kappa shape index (κ1) is 12.9. The van der Waals surface area contributed by atoms with E-state index in [0.29, 0.717) is 17.9 Å². The second kappa shape index (κ2) is 4.62. The molecule has 8 heteroatoms. The Hall–Kier alpha value is -1.54. The molecule has 0 spiro atoms. The van der Waals surface area contributed by atoms with E-state index in [1.165, 1.54) is 11.2 Å². The van der Waals surface area contributed by atoms with Gasteiger partial charge in [-0.05, 0) is 6.92 Å². The van der Waals surface area contributed by atoms with Crippen LogP contribution in [0.1, 0.15) is 12.1 Å². The number of carbonyl (C=O) groups excluding carboxylic acids is 1. The number of aromatic nitrogens is 2. The number of primary sulfonamides is 1. The van der Waals surface area contributed by atoms with Crippen LogP contribution in [0.4, 0.5) is 5.69 Å². The fraction of sp³-hybridized carbons (Fsp3) is 0.500. The summed E-state index contributed by atoms with van der Waals surface area (Å²) in [6, 6.07) is 0. The van der Waals surface area contributed by atoms with Crippen LogP contribution in [-0.2, 0) is 14.8 Å². The largest absolute Gasteiger partial charge is 0.309 e. The minimum atomic E-state index is -3.56. The number of hydrogen-bond donors (Lipinski definition) is 1. The van der Waals surface area contributed by atoms with Crippen LogP contribution in [0.2, 0.25) is 0 Å². The zero-order valence-corrected chi connectivity index (χ0v) is 10.7. The molecular formula is C10H14N4O3S. The summed E-state index contributed by atoms with van der Waals surface area (Å²) in [6.45, 7) is 2.11. The molecule has 0 radical (unpaired) electrons. The van der Waals surface area contributed by atoms with Gasteiger partial charge in [-0.3, -0.25) is 4.79 Å². The number of rotatable bonds is 3. The van der Waals surface area contributed by atoms with E-state index < -0.39 is 10.0 Å². The molecule has 2 rings (SSSR count). The molecule has 1 aromatic heterocycles. The Morgan fingerprint density at radius 3 is 2.89 bits per heavy atom. The minimum absolute atomic E-state index is 0.124. The summed E-state index contributed by atoms with van der Waals surface area (Å²) in [4.78, 5) is 21.3. The van der Waals surface area contributed by atoms with Crippen LogP contribution < -0.4 is 10.0 Å². The smallest absolute Gasteiger partial charge is 0.227 e. The third kappa shape index (κ3) is 2.82. The van der Waals surface area contributed by atoms with Crippen molar-refractivity contribution < 1.29 is 13.2 Å². The highest BCUT2D eigenvalue weighted by molar-refractivity contribution is 7.89. The second-order valence-electron chi connectivity index (χ2n) is 4.40. The summed E-state index contributed by atoms with van der Waals surface area (Å²) in [5, 5.41) is 4.99. The molecule has 0 aliphatic carbocycles. The van der Waals surface area contributed by atoms with Crippen LogP contribution in [-0.4, -0.2) is 36.6 Å². The lowest BCUT2D eigenvalue weighted by atomic mass is 10.1. The number of hydrogen-bond acceptors (Lipinski definition) is 5. The Kier molecular flexibility index (Phi) is 3.31. The van der Waals surface area contributed by atoms with Gasteiger partial charge < -0.3 is 4.90 Å². The summed E-state index contributed by atoms with van der Waals surface area (Å²) in [5.74, 6) is -0.573. The third-order valence-corrected chi connectivity index (χ3v) is 3.79. The zero-order chi connectivity index (χ0) is 13.3. The van der Waals surface area contributed by atoms with Gasteiger partial charge in [0.15, 0.2) is 0 Å². The molecule has 1 unspecified atom stereocenters. The number of nitrogens with two attached hydrogens (primary N) is 1. The Labute approximate surface area is 105 Å². The SMILES string of the molecule is Cc1ncncc1N1CC(CS(N)(=O)=O)CC1=O. The predicted octanol–water partition coefficient (Wildman–Crippen LogP) is -0.574. The molecule has 18 heavy (non-hydrogen) atoms. The first-order chi connectivity index (χ1) is 8.37. The van der Waals surface area contributed by atoms with Gasteiger partial charge in [-0.2, -0.15) is 0 Å². The number of carbonyl (C=O) groups is 1. The monoisotopic (exact) mass is 270 g/mol. The summed E-state index contributed by atoms with van der Waals surface area (Å²) in [6.07, 6.45) is 3.14. The van der Waals surface area contributed by atoms with Gasteiger partial charge in [0.05, 0.1) is 23.3 Å². The van der Waals surface area contributed by atoms with Crippen molar-refractivity contribution in [1.82, 2.24) is 9.97 Å². The molecule has 98 valence electrons. The Morgan fingerprint density at radius 1 is 1.56 bits per heavy atom. The van der Waals surface area contributed by atoms with E-state index in [4.69, 9.17) is 5.14 Å². The first-order valence-corrected chi connectivity index (χ1v) is 7.16. The molecule has 0 aromatic carbocycles. The molecular weight excluding hydrogens is 256 g/mol. The van der Waals surface area contributed by atoms with Gasteiger partial charge in [0.1, 0.15) is 6.33 Å². The Morgan fingerprint density at radius 2 is 2.28 bits per heavy atom. The fourth-order valence-electron chi connectivity index (χ4n) is 2.10. The van der Waals surface area contributed by atoms with Crippen molar-refractivity contribution in [3.05, 3.63) is 18.2 Å². The maximum Gasteiger partial charge on any atom is 0.227 e. The van der Waals surface area contributed by atoms with Gasteiger partial charge >= 0.3 is 0 Å². The maximum atomic E-state index is 11.9. The predicted molar refractivity (Wildman–Crippen MR) is 65.2 cm³/mol. The van der Waals surface area contributed by atoms with Gasteiger partial charge in [0.2, 0.25) is 15.9 Å². The average molecular weight is 270 g/mol. The molecule has 1 saturated heterocycles. The molecule has 7 nitrogen and oxygen atoms in total. The fourth-order valence-corrected chi connectivity index (χ4v) is 2.98. The van der Waals surface area contributed by atoms with Crippen LogP contribution in [0.25, 0.3) is 0 Å². The zero-order valence-electron chi connectivity index (χ0n) is 9.91. The summed E-state index contributed by atoms with van der Waals surface area (Å²) in [7, 11) is -3.56. The van der Waals surface area contributed by atoms with E-state index >= 15 is 0 Å². The van der Waals surface area contributed by atoms with Crippen LogP contribution in [0.15, 0.2) is 12.5 Å². The van der Waals surface area contributed by atoms with Gasteiger partial charge in [-0.15, -0.1) is 0 Å². The highest BCUT2D eigenvalue weighted by Gasteiger charge is 2.33. The van der Waals surface area contributed by atoms with E-state index in [0.717, 1.165) is 0 Å². The summed E-state index contributed by atoms with van der Waals surface area (Å²) < 4.78 is 22.1. The third-order valence-electron chi connectivity index (χ3n) is 2.85. The van der Waals surface area contributed by atoms with Crippen molar-refractivity contribution in [3.8, 4) is 0 Å². The standard InChI is InChI=1S/C10H14N4O3S/c1-7-9(3-12-6-13-7)14-4-8(2-10(14)15)5-18(11,16)17/h3,6,8H,2,4-5H2,1H3,(H2,11,16,17). The number of sulfonamides is 1. The second-order valence-corrected chi connectivity index (χ2v) is 6.06. The van der Waals surface area contributed by atoms with Crippen molar-refractivity contribution in [1.29, 1.82) is 0 Å². The van der Waals surface area contributed by atoms with Crippen molar-refractivity contribution in [2.45, 2.75) is 13.3 Å². The normalized spacial score (nSPS) is 20.4. The van der Waals surface area contributed by atoms with Crippen molar-refractivity contribution >= 4 is 21.6 Å². The van der Waals surface area contributed by atoms with Crippen molar-refractivity contribution in [2.75, 3.05) is 17.2 Å². The number of amides is 1. The molecule has 2 heterocycles. The quantitative estimate of drug-likeness (QED) is 0.791. The van der Waals surface area contributed by atoms with E-state index in [-0.39, 0.29) is 24.0 Å². The molecule has 2 N–H and O–H groups in total. The molecule has 1 aliphatic rings. The van der Waals surface area contributed by atoms with Crippen molar-refractivity contribution in [3.63, 3.8) is 0 Å². The van der Waals surface area contributed by atoms with Gasteiger partial charge in [-0.25, -0.2) is 23.5 Å². The lowest BCUT2D eigenvalue weighted by Crippen LogP contribution is -2.28. The highest BCUT2D eigenvalue weighted by Crippen LogP contribution is 2.26. The molecule has 0 bridgehead atoms. The lowest BCUT2D eigenvalue weighted by Gasteiger charge is -2.17. The summed E-state index contributed by atoms with van der Waals surface area (Å²) in [5.41, 5.74) is 1.31. The topological polar surface area (TPSA) is 106 Å². The van der Waals surface area contributed by atoms with Gasteiger partial charge in [0, 0.05) is 18.9 Å². The van der Waals surface area contributed by atoms with Gasteiger partial charge in [0.25, 0.3) is 0 Å². The lowest BCUT2D eigenvalue weighted by molar-refractivity contribution is -0.117. The molecule has 1 aliphatic heterocycles. The molecule has 1 amide bonds. The van der Waals surface area contributed by atoms with E-state index in [1.807, 2.05) is 0 Å². The van der Waals surface area contributed by atoms with Crippen LogP contribution in [0, 0.1) is 12.8 Å². The molecule has 1 atom stereocenters. The van der Waals surface area contributed by atoms with Crippen molar-refractivity contribution in [2.24, 2.45) is 11.1 Å². The molecule has 1 fully saturated rings. The average Bonchev–Trinajstić information content (AvgIpc) is 2.57. The van der Waals surface area contributed by atoms with E-state index in [1.54, 1.807) is 13.1 Å². The van der Waals surface area contributed by atoms with E-state index in [9.17, 15) is 13.2 Å². The summed E-state index contributed by atoms with van der Waals surface area (Å²) >= 11 is 0. The number of aryl methyl sites for hydroxylation is 1. The first-order valence-electron chi connectivity index (χ1n) is 5.44. The van der Waals surface area contributed by atoms with E-state index in [2.05, 4.69) is 9.97 Å². The Bertz CT molecular complexity index is 572. The number of nitrogens with zero attached hydrogens (tertiary/aromatic N) is 3. The molecule has 1 aromatic rings. The maximum absolute atomic E-state index is 11.9. The van der Waals surface area contributed by atoms with Crippen LogP contribution in [0.5, 0.6) is 0 Å². The Balaban J connectivity index is 2.18. The highest BCUT2D eigenvalue weighted by atomic mass is 32.2. The van der Waals surface area contributed by atoms with Crippen LogP contribution >= 0.6 is 0 Å². The van der Waals surface area contributed by atoms with Gasteiger partial charge in [-0.1, -0.05) is 0 Å².